The first-order valence-corrected chi connectivity index (χ1v) is 13.3. The summed E-state index contributed by atoms with van der Waals surface area (Å²) in [6, 6.07) is 10.3. The van der Waals surface area contributed by atoms with Gasteiger partial charge in [-0.1, -0.05) is 19.1 Å². The summed E-state index contributed by atoms with van der Waals surface area (Å²) in [6.07, 6.45) is 2.93. The Morgan fingerprint density at radius 3 is 2.08 bits per heavy atom. The van der Waals surface area contributed by atoms with Crippen LogP contribution in [0.15, 0.2) is 48.8 Å². The van der Waals surface area contributed by atoms with Crippen molar-refractivity contribution in [1.29, 1.82) is 0 Å². The van der Waals surface area contributed by atoms with Crippen LogP contribution in [0.1, 0.15) is 25.5 Å². The Hall–Kier alpha value is -4.46. The van der Waals surface area contributed by atoms with E-state index in [0.717, 1.165) is 0 Å². The van der Waals surface area contributed by atoms with Crippen molar-refractivity contribution >= 4 is 16.0 Å². The van der Waals surface area contributed by atoms with E-state index >= 15 is 0 Å². The standard InChI is InChI=1S/C25H29N7O6S/c1-15(18-13-27-22(38-6)14-26-18)16(2)39(33,34)31-25-30-29-24(17-9-7-12-21(28-17)37-5)32(25)23-19(35-3)10-8-11-20(23)36-4/h7-16H,1-6H3,(H,30,31)/t15-,16-/m0/s1. The molecule has 0 saturated carbocycles. The van der Waals surface area contributed by atoms with Gasteiger partial charge in [-0.3, -0.25) is 14.3 Å². The average Bonchev–Trinajstić information content (AvgIpc) is 3.37. The first-order valence-electron chi connectivity index (χ1n) is 11.8. The predicted octanol–water partition coefficient (Wildman–Crippen LogP) is 3.09. The number of nitrogens with one attached hydrogen (secondary N) is 1. The molecule has 0 aliphatic rings. The lowest BCUT2D eigenvalue weighted by molar-refractivity contribution is 0.391. The summed E-state index contributed by atoms with van der Waals surface area (Å²) in [5.41, 5.74) is 1.25. The average molecular weight is 556 g/mol. The van der Waals surface area contributed by atoms with E-state index in [1.165, 1.54) is 45.4 Å². The molecular weight excluding hydrogens is 526 g/mol. The van der Waals surface area contributed by atoms with Crippen molar-refractivity contribution in [3.05, 3.63) is 54.5 Å². The van der Waals surface area contributed by atoms with E-state index in [-0.39, 0.29) is 11.8 Å². The molecule has 4 aromatic rings. The number of hydrogen-bond donors (Lipinski definition) is 1. The molecule has 3 heterocycles. The number of methoxy groups -OCH3 is 4. The van der Waals surface area contributed by atoms with E-state index in [2.05, 4.69) is 29.9 Å². The van der Waals surface area contributed by atoms with Gasteiger partial charge in [0, 0.05) is 12.0 Å². The number of anilines is 1. The number of para-hydroxylation sites is 1. The molecule has 0 aliphatic heterocycles. The van der Waals surface area contributed by atoms with Crippen LogP contribution in [0.2, 0.25) is 0 Å². The molecule has 13 nitrogen and oxygen atoms in total. The second-order valence-corrected chi connectivity index (χ2v) is 10.4. The molecule has 0 aliphatic carbocycles. The van der Waals surface area contributed by atoms with Crippen LogP contribution < -0.4 is 23.7 Å². The van der Waals surface area contributed by atoms with Crippen molar-refractivity contribution in [1.82, 2.24) is 29.7 Å². The van der Waals surface area contributed by atoms with Gasteiger partial charge in [-0.2, -0.15) is 0 Å². The first-order chi connectivity index (χ1) is 18.7. The summed E-state index contributed by atoms with van der Waals surface area (Å²) in [5.74, 6) is 1.10. The Morgan fingerprint density at radius 1 is 0.821 bits per heavy atom. The summed E-state index contributed by atoms with van der Waals surface area (Å²) in [4.78, 5) is 12.9. The summed E-state index contributed by atoms with van der Waals surface area (Å²) in [7, 11) is 1.94. The molecule has 0 saturated heterocycles. The molecule has 1 N–H and O–H groups in total. The summed E-state index contributed by atoms with van der Waals surface area (Å²) >= 11 is 0. The predicted molar refractivity (Wildman–Crippen MR) is 143 cm³/mol. The number of rotatable bonds is 11. The van der Waals surface area contributed by atoms with Gasteiger partial charge in [-0.15, -0.1) is 10.2 Å². The molecule has 2 atom stereocenters. The highest BCUT2D eigenvalue weighted by molar-refractivity contribution is 7.93. The highest BCUT2D eigenvalue weighted by Gasteiger charge is 2.32. The van der Waals surface area contributed by atoms with Crippen LogP contribution in [-0.2, 0) is 10.0 Å². The maximum Gasteiger partial charge on any atom is 0.243 e. The Labute approximate surface area is 226 Å². The normalized spacial score (nSPS) is 12.9. The highest BCUT2D eigenvalue weighted by atomic mass is 32.2. The van der Waals surface area contributed by atoms with Crippen molar-refractivity contribution in [2.24, 2.45) is 0 Å². The fourth-order valence-corrected chi connectivity index (χ4v) is 5.08. The van der Waals surface area contributed by atoms with Crippen LogP contribution in [0.5, 0.6) is 23.3 Å². The second kappa shape index (κ2) is 11.5. The minimum atomic E-state index is -4.03. The Morgan fingerprint density at radius 2 is 1.49 bits per heavy atom. The van der Waals surface area contributed by atoms with Gasteiger partial charge in [0.2, 0.25) is 27.7 Å². The number of benzene rings is 1. The first kappa shape index (κ1) is 27.6. The minimum Gasteiger partial charge on any atom is -0.494 e. The molecule has 1 aromatic carbocycles. The van der Waals surface area contributed by atoms with Crippen molar-refractivity contribution in [3.63, 3.8) is 0 Å². The number of ether oxygens (including phenoxy) is 4. The summed E-state index contributed by atoms with van der Waals surface area (Å²) < 4.78 is 52.8. The van der Waals surface area contributed by atoms with E-state index in [9.17, 15) is 8.42 Å². The Kier molecular flexibility index (Phi) is 8.14. The highest BCUT2D eigenvalue weighted by Crippen LogP contribution is 2.38. The SMILES string of the molecule is COc1cnc([C@@H](C)[C@H](C)S(=O)(=O)Nc2nnc(-c3cccc(OC)n3)n2-c2c(OC)cccc2OC)cn1. The molecule has 4 rings (SSSR count). The van der Waals surface area contributed by atoms with Gasteiger partial charge >= 0.3 is 0 Å². The zero-order valence-electron chi connectivity index (χ0n) is 22.3. The largest absolute Gasteiger partial charge is 0.494 e. The van der Waals surface area contributed by atoms with Crippen molar-refractivity contribution < 1.29 is 27.4 Å². The number of hydrogen-bond acceptors (Lipinski definition) is 11. The van der Waals surface area contributed by atoms with E-state index in [1.54, 1.807) is 50.2 Å². The van der Waals surface area contributed by atoms with Gasteiger partial charge in [0.25, 0.3) is 0 Å². The lowest BCUT2D eigenvalue weighted by atomic mass is 10.1. The van der Waals surface area contributed by atoms with Crippen LogP contribution in [0.3, 0.4) is 0 Å². The summed E-state index contributed by atoms with van der Waals surface area (Å²) in [5, 5.41) is 7.53. The molecule has 3 aromatic heterocycles. The third kappa shape index (κ3) is 5.55. The third-order valence-electron chi connectivity index (χ3n) is 6.20. The minimum absolute atomic E-state index is 0.0858. The van der Waals surface area contributed by atoms with Gasteiger partial charge in [-0.05, 0) is 25.1 Å². The van der Waals surface area contributed by atoms with Gasteiger partial charge in [0.1, 0.15) is 22.9 Å². The molecule has 0 radical (unpaired) electrons. The Bertz CT molecular complexity index is 1520. The van der Waals surface area contributed by atoms with Crippen LogP contribution >= 0.6 is 0 Å². The Balaban J connectivity index is 1.82. The molecule has 0 amide bonds. The molecule has 0 fully saturated rings. The van der Waals surface area contributed by atoms with E-state index in [0.29, 0.717) is 40.3 Å². The summed E-state index contributed by atoms with van der Waals surface area (Å²) in [6.45, 7) is 3.33. The topological polar surface area (TPSA) is 152 Å². The number of sulfonamides is 1. The van der Waals surface area contributed by atoms with Gasteiger partial charge < -0.3 is 18.9 Å². The van der Waals surface area contributed by atoms with Crippen molar-refractivity contribution in [3.8, 4) is 40.5 Å². The van der Waals surface area contributed by atoms with Crippen LogP contribution in [-0.4, -0.2) is 71.8 Å². The number of nitrogens with zero attached hydrogens (tertiary/aromatic N) is 6. The lowest BCUT2D eigenvalue weighted by Crippen LogP contribution is -2.31. The third-order valence-corrected chi connectivity index (χ3v) is 8.06. The molecule has 206 valence electrons. The van der Waals surface area contributed by atoms with E-state index < -0.39 is 21.2 Å². The zero-order chi connectivity index (χ0) is 28.2. The number of aromatic nitrogens is 6. The quantitative estimate of drug-likeness (QED) is 0.290. The fraction of sp³-hybridized carbons (Fsp3) is 0.320. The molecule has 39 heavy (non-hydrogen) atoms. The second-order valence-electron chi connectivity index (χ2n) is 8.38. The van der Waals surface area contributed by atoms with Crippen molar-refractivity contribution in [2.45, 2.75) is 25.0 Å². The fourth-order valence-electron chi connectivity index (χ4n) is 3.83. The van der Waals surface area contributed by atoms with Crippen molar-refractivity contribution in [2.75, 3.05) is 33.2 Å². The van der Waals surface area contributed by atoms with Gasteiger partial charge in [0.15, 0.2) is 5.82 Å². The smallest absolute Gasteiger partial charge is 0.243 e. The lowest BCUT2D eigenvalue weighted by Gasteiger charge is -2.21. The maximum absolute atomic E-state index is 13.6. The molecule has 14 heteroatoms. The molecular formula is C25H29N7O6S. The van der Waals surface area contributed by atoms with Gasteiger partial charge in [0.05, 0.1) is 51.8 Å². The number of pyridine rings is 1. The van der Waals surface area contributed by atoms with Crippen LogP contribution in [0.4, 0.5) is 5.95 Å². The zero-order valence-corrected chi connectivity index (χ0v) is 23.1. The van der Waals surface area contributed by atoms with Crippen LogP contribution in [0, 0.1) is 0 Å². The molecule has 0 unspecified atom stereocenters. The molecule has 0 bridgehead atoms. The van der Waals surface area contributed by atoms with Crippen LogP contribution in [0.25, 0.3) is 17.2 Å². The maximum atomic E-state index is 13.6. The van der Waals surface area contributed by atoms with E-state index in [4.69, 9.17) is 18.9 Å². The molecule has 0 spiro atoms. The van der Waals surface area contributed by atoms with E-state index in [1.807, 2.05) is 0 Å². The van der Waals surface area contributed by atoms with Gasteiger partial charge in [-0.25, -0.2) is 18.4 Å². The monoisotopic (exact) mass is 555 g/mol.